The van der Waals surface area contributed by atoms with E-state index in [1.807, 2.05) is 43.3 Å². The average Bonchev–Trinajstić information content (AvgIpc) is 2.49. The number of hydrogen-bond acceptors (Lipinski definition) is 3. The zero-order chi connectivity index (χ0) is 14.4. The predicted molar refractivity (Wildman–Crippen MR) is 79.3 cm³/mol. The first kappa shape index (κ1) is 14.2. The van der Waals surface area contributed by atoms with Gasteiger partial charge in [-0.2, -0.15) is 0 Å². The molecule has 0 heterocycles. The standard InChI is InChI=1S/C16H19NO3/c1-3-8-17-16(18)11-20-15-7-5-12-4-6-14(19-2)9-13(12)10-15/h4-7,9-10H,3,8,11H2,1-2H3,(H,17,18). The normalized spacial score (nSPS) is 10.3. The summed E-state index contributed by atoms with van der Waals surface area (Å²) in [4.78, 5) is 11.5. The van der Waals surface area contributed by atoms with Crippen LogP contribution in [0.25, 0.3) is 10.8 Å². The summed E-state index contributed by atoms with van der Waals surface area (Å²) < 4.78 is 10.7. The maximum atomic E-state index is 11.5. The van der Waals surface area contributed by atoms with Crippen LogP contribution in [0.1, 0.15) is 13.3 Å². The van der Waals surface area contributed by atoms with Crippen molar-refractivity contribution in [1.29, 1.82) is 0 Å². The molecule has 0 aliphatic rings. The lowest BCUT2D eigenvalue weighted by Crippen LogP contribution is -2.29. The number of carbonyl (C=O) groups is 1. The molecule has 0 fully saturated rings. The molecular formula is C16H19NO3. The Bertz CT molecular complexity index is 595. The molecule has 0 aliphatic heterocycles. The van der Waals surface area contributed by atoms with Crippen LogP contribution in [0.3, 0.4) is 0 Å². The number of amides is 1. The highest BCUT2D eigenvalue weighted by Crippen LogP contribution is 2.24. The zero-order valence-electron chi connectivity index (χ0n) is 11.8. The summed E-state index contributed by atoms with van der Waals surface area (Å²) in [5.74, 6) is 1.38. The number of fused-ring (bicyclic) bond motifs is 1. The molecule has 0 saturated heterocycles. The highest BCUT2D eigenvalue weighted by atomic mass is 16.5. The highest BCUT2D eigenvalue weighted by Gasteiger charge is 2.03. The molecule has 106 valence electrons. The van der Waals surface area contributed by atoms with Gasteiger partial charge in [0.15, 0.2) is 6.61 Å². The first-order chi connectivity index (χ1) is 9.72. The van der Waals surface area contributed by atoms with E-state index in [0.29, 0.717) is 12.3 Å². The van der Waals surface area contributed by atoms with Gasteiger partial charge in [-0.1, -0.05) is 19.1 Å². The minimum Gasteiger partial charge on any atom is -0.497 e. The SMILES string of the molecule is CCCNC(=O)COc1ccc2ccc(OC)cc2c1. The van der Waals surface area contributed by atoms with E-state index in [1.54, 1.807) is 7.11 Å². The molecular weight excluding hydrogens is 254 g/mol. The van der Waals surface area contributed by atoms with Gasteiger partial charge in [0.1, 0.15) is 11.5 Å². The third-order valence-electron chi connectivity index (χ3n) is 2.96. The van der Waals surface area contributed by atoms with Crippen molar-refractivity contribution in [2.45, 2.75) is 13.3 Å². The molecule has 20 heavy (non-hydrogen) atoms. The summed E-state index contributed by atoms with van der Waals surface area (Å²) in [7, 11) is 1.64. The molecule has 4 nitrogen and oxygen atoms in total. The van der Waals surface area contributed by atoms with Crippen molar-refractivity contribution in [3.05, 3.63) is 36.4 Å². The van der Waals surface area contributed by atoms with E-state index in [1.165, 1.54) is 0 Å². The summed E-state index contributed by atoms with van der Waals surface area (Å²) >= 11 is 0. The Morgan fingerprint density at radius 3 is 2.50 bits per heavy atom. The lowest BCUT2D eigenvalue weighted by atomic mass is 10.1. The highest BCUT2D eigenvalue weighted by molar-refractivity contribution is 5.85. The van der Waals surface area contributed by atoms with Gasteiger partial charge in [0.2, 0.25) is 0 Å². The van der Waals surface area contributed by atoms with E-state index in [-0.39, 0.29) is 12.5 Å². The Kier molecular flexibility index (Phi) is 4.82. The molecule has 0 saturated carbocycles. The minimum atomic E-state index is -0.0995. The molecule has 1 amide bonds. The van der Waals surface area contributed by atoms with Gasteiger partial charge >= 0.3 is 0 Å². The molecule has 0 aliphatic carbocycles. The van der Waals surface area contributed by atoms with E-state index in [2.05, 4.69) is 5.32 Å². The Hall–Kier alpha value is -2.23. The molecule has 2 rings (SSSR count). The van der Waals surface area contributed by atoms with E-state index in [0.717, 1.165) is 22.9 Å². The van der Waals surface area contributed by atoms with Crippen molar-refractivity contribution in [3.63, 3.8) is 0 Å². The fraction of sp³-hybridized carbons (Fsp3) is 0.312. The van der Waals surface area contributed by atoms with Crippen LogP contribution in [-0.2, 0) is 4.79 Å². The number of nitrogens with one attached hydrogen (secondary N) is 1. The van der Waals surface area contributed by atoms with Crippen LogP contribution in [0.15, 0.2) is 36.4 Å². The topological polar surface area (TPSA) is 47.6 Å². The molecule has 0 radical (unpaired) electrons. The van der Waals surface area contributed by atoms with Crippen molar-refractivity contribution in [1.82, 2.24) is 5.32 Å². The van der Waals surface area contributed by atoms with Gasteiger partial charge in [0.25, 0.3) is 5.91 Å². The van der Waals surface area contributed by atoms with Crippen LogP contribution in [0, 0.1) is 0 Å². The lowest BCUT2D eigenvalue weighted by Gasteiger charge is -2.08. The molecule has 0 unspecified atom stereocenters. The maximum absolute atomic E-state index is 11.5. The van der Waals surface area contributed by atoms with E-state index < -0.39 is 0 Å². The summed E-state index contributed by atoms with van der Waals surface area (Å²) in [6.07, 6.45) is 0.918. The smallest absolute Gasteiger partial charge is 0.257 e. The van der Waals surface area contributed by atoms with Crippen LogP contribution < -0.4 is 14.8 Å². The first-order valence-corrected chi connectivity index (χ1v) is 6.70. The minimum absolute atomic E-state index is 0.0372. The van der Waals surface area contributed by atoms with E-state index in [4.69, 9.17) is 9.47 Å². The number of methoxy groups -OCH3 is 1. The monoisotopic (exact) mass is 273 g/mol. The van der Waals surface area contributed by atoms with E-state index in [9.17, 15) is 4.79 Å². The van der Waals surface area contributed by atoms with Crippen molar-refractivity contribution in [2.24, 2.45) is 0 Å². The number of rotatable bonds is 6. The third-order valence-corrected chi connectivity index (χ3v) is 2.96. The Balaban J connectivity index is 2.05. The zero-order valence-corrected chi connectivity index (χ0v) is 11.8. The number of carbonyl (C=O) groups excluding carboxylic acids is 1. The van der Waals surface area contributed by atoms with Crippen LogP contribution in [0.4, 0.5) is 0 Å². The molecule has 4 heteroatoms. The Morgan fingerprint density at radius 2 is 1.80 bits per heavy atom. The Morgan fingerprint density at radius 1 is 1.10 bits per heavy atom. The molecule has 1 N–H and O–H groups in total. The van der Waals surface area contributed by atoms with Gasteiger partial charge in [-0.05, 0) is 41.5 Å². The maximum Gasteiger partial charge on any atom is 0.257 e. The summed E-state index contributed by atoms with van der Waals surface area (Å²) in [6, 6.07) is 11.6. The molecule has 0 atom stereocenters. The van der Waals surface area contributed by atoms with Gasteiger partial charge in [-0.15, -0.1) is 0 Å². The first-order valence-electron chi connectivity index (χ1n) is 6.70. The fourth-order valence-electron chi connectivity index (χ4n) is 1.88. The van der Waals surface area contributed by atoms with Crippen molar-refractivity contribution >= 4 is 16.7 Å². The van der Waals surface area contributed by atoms with Gasteiger partial charge in [0.05, 0.1) is 7.11 Å². The number of benzene rings is 2. The third kappa shape index (κ3) is 3.63. The molecule has 0 bridgehead atoms. The molecule has 0 aromatic heterocycles. The second-order valence-electron chi connectivity index (χ2n) is 4.51. The van der Waals surface area contributed by atoms with Crippen molar-refractivity contribution in [2.75, 3.05) is 20.3 Å². The molecule has 0 spiro atoms. The fourth-order valence-corrected chi connectivity index (χ4v) is 1.88. The predicted octanol–water partition coefficient (Wildman–Crippen LogP) is 2.75. The van der Waals surface area contributed by atoms with Gasteiger partial charge in [-0.3, -0.25) is 4.79 Å². The van der Waals surface area contributed by atoms with Crippen molar-refractivity contribution < 1.29 is 14.3 Å². The van der Waals surface area contributed by atoms with E-state index >= 15 is 0 Å². The summed E-state index contributed by atoms with van der Waals surface area (Å²) in [5, 5.41) is 4.90. The van der Waals surface area contributed by atoms with Crippen LogP contribution in [-0.4, -0.2) is 26.2 Å². The summed E-state index contributed by atoms with van der Waals surface area (Å²) in [5.41, 5.74) is 0. The molecule has 2 aromatic rings. The van der Waals surface area contributed by atoms with Gasteiger partial charge in [-0.25, -0.2) is 0 Å². The second-order valence-corrected chi connectivity index (χ2v) is 4.51. The number of hydrogen-bond donors (Lipinski definition) is 1. The largest absolute Gasteiger partial charge is 0.497 e. The lowest BCUT2D eigenvalue weighted by molar-refractivity contribution is -0.123. The second kappa shape index (κ2) is 6.80. The van der Waals surface area contributed by atoms with Gasteiger partial charge in [0, 0.05) is 6.54 Å². The Labute approximate surface area is 118 Å². The van der Waals surface area contributed by atoms with Crippen LogP contribution in [0.5, 0.6) is 11.5 Å². The van der Waals surface area contributed by atoms with Gasteiger partial charge < -0.3 is 14.8 Å². The van der Waals surface area contributed by atoms with Crippen molar-refractivity contribution in [3.8, 4) is 11.5 Å². The summed E-state index contributed by atoms with van der Waals surface area (Å²) in [6.45, 7) is 2.73. The van der Waals surface area contributed by atoms with Crippen LogP contribution in [0.2, 0.25) is 0 Å². The molecule has 2 aromatic carbocycles. The van der Waals surface area contributed by atoms with Crippen LogP contribution >= 0.6 is 0 Å². The average molecular weight is 273 g/mol. The number of ether oxygens (including phenoxy) is 2. The quantitative estimate of drug-likeness (QED) is 0.880.